The second-order valence-corrected chi connectivity index (χ2v) is 7.72. The maximum Gasteiger partial charge on any atom is 0.229 e. The van der Waals surface area contributed by atoms with Crippen LogP contribution in [0.25, 0.3) is 0 Å². The lowest BCUT2D eigenvalue weighted by Gasteiger charge is -2.04. The number of hydrogen-bond donors (Lipinski definition) is 1. The average molecular weight is 410 g/mol. The smallest absolute Gasteiger partial charge is 0.229 e. The van der Waals surface area contributed by atoms with Gasteiger partial charge in [0.25, 0.3) is 0 Å². The Kier molecular flexibility index (Phi) is 4.64. The Morgan fingerprint density at radius 3 is 2.81 bits per heavy atom. The molecule has 0 saturated heterocycles. The Balaban J connectivity index is 1.41. The van der Waals surface area contributed by atoms with Gasteiger partial charge in [0.1, 0.15) is 0 Å². The number of aromatic nitrogens is 2. The van der Waals surface area contributed by atoms with Crippen LogP contribution in [0.3, 0.4) is 0 Å². The molecule has 4 nitrogen and oxygen atoms in total. The van der Waals surface area contributed by atoms with E-state index < -0.39 is 0 Å². The van der Waals surface area contributed by atoms with Crippen molar-refractivity contribution < 1.29 is 4.79 Å². The minimum Gasteiger partial charge on any atom is -0.308 e. The highest BCUT2D eigenvalue weighted by atomic mass is 79.9. The summed E-state index contributed by atoms with van der Waals surface area (Å²) in [5.74, 6) is 0.984. The van der Waals surface area contributed by atoms with Crippen molar-refractivity contribution in [1.29, 1.82) is 0 Å². The number of nitrogens with one attached hydrogen (secondary N) is 1. The van der Waals surface area contributed by atoms with Gasteiger partial charge in [-0.25, -0.2) is 0 Å². The highest BCUT2D eigenvalue weighted by Crippen LogP contribution is 2.48. The number of carbonyl (C=O) groups is 1. The number of hydrogen-bond acceptors (Lipinski definition) is 2. The Morgan fingerprint density at radius 1 is 1.23 bits per heavy atom. The standard InChI is InChI=1S/C21H20BrN3O/c1-14-6-5-7-15(10-14)12-25-13-19(22)20(24-25)23-21(26)18-11-17(18)16-8-3-2-4-9-16/h2-10,13,17-18H,11-12H2,1H3,(H,23,24,26). The Hall–Kier alpha value is -2.40. The van der Waals surface area contributed by atoms with Crippen LogP contribution in [0.1, 0.15) is 29.0 Å². The average Bonchev–Trinajstić information content (AvgIpc) is 3.36. The number of halogens is 1. The summed E-state index contributed by atoms with van der Waals surface area (Å²) >= 11 is 3.50. The SMILES string of the molecule is Cc1cccc(Cn2cc(Br)c(NC(=O)C3CC3c3ccccc3)n2)c1. The van der Waals surface area contributed by atoms with Crippen LogP contribution in [0.5, 0.6) is 0 Å². The van der Waals surface area contributed by atoms with Crippen molar-refractivity contribution >= 4 is 27.7 Å². The number of anilines is 1. The maximum atomic E-state index is 12.5. The lowest BCUT2D eigenvalue weighted by atomic mass is 10.1. The number of nitrogens with zero attached hydrogens (tertiary/aromatic N) is 2. The number of carbonyl (C=O) groups excluding carboxylic acids is 1. The highest BCUT2D eigenvalue weighted by molar-refractivity contribution is 9.10. The molecule has 132 valence electrons. The van der Waals surface area contributed by atoms with Crippen molar-refractivity contribution in [2.45, 2.75) is 25.8 Å². The topological polar surface area (TPSA) is 46.9 Å². The van der Waals surface area contributed by atoms with E-state index >= 15 is 0 Å². The molecule has 1 aliphatic rings. The Labute approximate surface area is 161 Å². The van der Waals surface area contributed by atoms with Crippen LogP contribution < -0.4 is 5.32 Å². The summed E-state index contributed by atoms with van der Waals surface area (Å²) in [6.45, 7) is 2.75. The third kappa shape index (κ3) is 3.73. The number of rotatable bonds is 5. The molecule has 1 heterocycles. The first kappa shape index (κ1) is 17.0. The predicted octanol–water partition coefficient (Wildman–Crippen LogP) is 4.74. The van der Waals surface area contributed by atoms with Gasteiger partial charge in [0.15, 0.2) is 5.82 Å². The van der Waals surface area contributed by atoms with Crippen LogP contribution in [0.4, 0.5) is 5.82 Å². The van der Waals surface area contributed by atoms with Gasteiger partial charge in [-0.05, 0) is 46.3 Å². The number of aryl methyl sites for hydroxylation is 1. The fraction of sp³-hybridized carbons (Fsp3) is 0.238. The third-order valence-corrected chi connectivity index (χ3v) is 5.32. The lowest BCUT2D eigenvalue weighted by Crippen LogP contribution is -2.15. The fourth-order valence-electron chi connectivity index (χ4n) is 3.32. The van der Waals surface area contributed by atoms with Crippen LogP contribution >= 0.6 is 15.9 Å². The largest absolute Gasteiger partial charge is 0.308 e. The van der Waals surface area contributed by atoms with Crippen molar-refractivity contribution in [3.05, 3.63) is 82.0 Å². The molecule has 2 unspecified atom stereocenters. The number of benzene rings is 2. The Morgan fingerprint density at radius 2 is 2.04 bits per heavy atom. The molecular weight excluding hydrogens is 390 g/mol. The summed E-state index contributed by atoms with van der Waals surface area (Å²) in [6, 6.07) is 18.6. The first-order valence-corrected chi connectivity index (χ1v) is 9.54. The van der Waals surface area contributed by atoms with E-state index in [9.17, 15) is 4.79 Å². The van der Waals surface area contributed by atoms with Gasteiger partial charge in [-0.1, -0.05) is 60.2 Å². The molecule has 1 N–H and O–H groups in total. The third-order valence-electron chi connectivity index (χ3n) is 4.74. The van der Waals surface area contributed by atoms with Gasteiger partial charge in [0.05, 0.1) is 11.0 Å². The molecule has 0 spiro atoms. The molecule has 2 aromatic carbocycles. The van der Waals surface area contributed by atoms with E-state index in [1.807, 2.05) is 35.1 Å². The molecule has 1 aliphatic carbocycles. The van der Waals surface area contributed by atoms with Crippen LogP contribution in [0.15, 0.2) is 65.3 Å². The van der Waals surface area contributed by atoms with Crippen LogP contribution in [-0.2, 0) is 11.3 Å². The summed E-state index contributed by atoms with van der Waals surface area (Å²) in [5, 5.41) is 7.49. The van der Waals surface area contributed by atoms with Gasteiger partial charge in [-0.3, -0.25) is 9.48 Å². The van der Waals surface area contributed by atoms with Crippen LogP contribution in [0, 0.1) is 12.8 Å². The molecule has 1 saturated carbocycles. The predicted molar refractivity (Wildman–Crippen MR) is 106 cm³/mol. The number of amides is 1. The van der Waals surface area contributed by atoms with E-state index in [1.165, 1.54) is 16.7 Å². The van der Waals surface area contributed by atoms with Crippen molar-refractivity contribution in [2.24, 2.45) is 5.92 Å². The summed E-state index contributed by atoms with van der Waals surface area (Å²) in [6.07, 6.45) is 2.80. The summed E-state index contributed by atoms with van der Waals surface area (Å²) in [5.41, 5.74) is 3.64. The molecule has 2 atom stereocenters. The molecule has 1 aromatic heterocycles. The zero-order chi connectivity index (χ0) is 18.1. The first-order valence-electron chi connectivity index (χ1n) is 8.74. The van der Waals surface area contributed by atoms with Crippen molar-refractivity contribution in [3.8, 4) is 0 Å². The van der Waals surface area contributed by atoms with Gasteiger partial charge >= 0.3 is 0 Å². The van der Waals surface area contributed by atoms with Gasteiger partial charge in [-0.15, -0.1) is 0 Å². The summed E-state index contributed by atoms with van der Waals surface area (Å²) in [7, 11) is 0. The van der Waals surface area contributed by atoms with E-state index in [4.69, 9.17) is 0 Å². The van der Waals surface area contributed by atoms with Gasteiger partial charge in [-0.2, -0.15) is 5.10 Å². The van der Waals surface area contributed by atoms with Crippen LogP contribution in [-0.4, -0.2) is 15.7 Å². The summed E-state index contributed by atoms with van der Waals surface area (Å²) in [4.78, 5) is 12.5. The van der Waals surface area contributed by atoms with E-state index in [1.54, 1.807) is 0 Å². The van der Waals surface area contributed by atoms with Crippen molar-refractivity contribution in [3.63, 3.8) is 0 Å². The van der Waals surface area contributed by atoms with Crippen LogP contribution in [0.2, 0.25) is 0 Å². The van der Waals surface area contributed by atoms with Gasteiger partial charge < -0.3 is 5.32 Å². The molecule has 3 aromatic rings. The molecule has 1 amide bonds. The fourth-order valence-corrected chi connectivity index (χ4v) is 3.74. The highest BCUT2D eigenvalue weighted by Gasteiger charge is 2.44. The molecule has 0 radical (unpaired) electrons. The molecule has 1 fully saturated rings. The van der Waals surface area contributed by atoms with E-state index in [0.717, 1.165) is 10.9 Å². The first-order chi connectivity index (χ1) is 12.6. The monoisotopic (exact) mass is 409 g/mol. The normalized spacial score (nSPS) is 18.5. The van der Waals surface area contributed by atoms with E-state index in [-0.39, 0.29) is 11.8 Å². The van der Waals surface area contributed by atoms with Gasteiger partial charge in [0, 0.05) is 12.1 Å². The Bertz CT molecular complexity index is 935. The van der Waals surface area contributed by atoms with E-state index in [2.05, 4.69) is 63.6 Å². The molecule has 5 heteroatoms. The van der Waals surface area contributed by atoms with Crippen molar-refractivity contribution in [1.82, 2.24) is 9.78 Å². The summed E-state index contributed by atoms with van der Waals surface area (Å²) < 4.78 is 2.64. The molecule has 0 aliphatic heterocycles. The van der Waals surface area contributed by atoms with Crippen molar-refractivity contribution in [2.75, 3.05) is 5.32 Å². The molecular formula is C21H20BrN3O. The minimum absolute atomic E-state index is 0.0335. The minimum atomic E-state index is 0.0335. The molecule has 0 bridgehead atoms. The lowest BCUT2D eigenvalue weighted by molar-refractivity contribution is -0.117. The van der Waals surface area contributed by atoms with Gasteiger partial charge in [0.2, 0.25) is 5.91 Å². The maximum absolute atomic E-state index is 12.5. The molecule has 26 heavy (non-hydrogen) atoms. The zero-order valence-corrected chi connectivity index (χ0v) is 16.1. The van der Waals surface area contributed by atoms with E-state index in [0.29, 0.717) is 18.3 Å². The zero-order valence-electron chi connectivity index (χ0n) is 14.5. The quantitative estimate of drug-likeness (QED) is 0.660. The molecule has 4 rings (SSSR count). The second kappa shape index (κ2) is 7.08. The second-order valence-electron chi connectivity index (χ2n) is 6.86.